The number of nitro benzene ring substituents is 1. The molecule has 0 aliphatic carbocycles. The maximum absolute atomic E-state index is 13.2. The Bertz CT molecular complexity index is 521. The lowest BCUT2D eigenvalue weighted by Crippen LogP contribution is -2.51. The van der Waals surface area contributed by atoms with E-state index >= 15 is 0 Å². The highest BCUT2D eigenvalue weighted by molar-refractivity contribution is 5.98. The summed E-state index contributed by atoms with van der Waals surface area (Å²) in [5.74, 6) is -1.16. The van der Waals surface area contributed by atoms with Crippen molar-refractivity contribution in [3.63, 3.8) is 0 Å². The SMILES string of the molecule is C[C@@H]1CN(C(=O)c2cc(F)ccc2[N+](=O)[O-])CCN1. The van der Waals surface area contributed by atoms with Gasteiger partial charge < -0.3 is 10.2 Å². The maximum atomic E-state index is 13.2. The lowest BCUT2D eigenvalue weighted by atomic mass is 10.1. The van der Waals surface area contributed by atoms with Gasteiger partial charge in [-0.3, -0.25) is 14.9 Å². The highest BCUT2D eigenvalue weighted by Crippen LogP contribution is 2.21. The molecule has 0 spiro atoms. The summed E-state index contributed by atoms with van der Waals surface area (Å²) < 4.78 is 13.2. The van der Waals surface area contributed by atoms with E-state index in [0.29, 0.717) is 19.6 Å². The van der Waals surface area contributed by atoms with Crippen LogP contribution in [0.1, 0.15) is 17.3 Å². The predicted molar refractivity (Wildman–Crippen MR) is 66.4 cm³/mol. The highest BCUT2D eigenvalue weighted by Gasteiger charge is 2.27. The molecule has 0 saturated carbocycles. The number of piperazine rings is 1. The number of nitro groups is 1. The van der Waals surface area contributed by atoms with Crippen LogP contribution in [-0.4, -0.2) is 41.4 Å². The maximum Gasteiger partial charge on any atom is 0.282 e. The van der Waals surface area contributed by atoms with Gasteiger partial charge in [-0.2, -0.15) is 0 Å². The number of halogens is 1. The van der Waals surface area contributed by atoms with Gasteiger partial charge in [-0.25, -0.2) is 4.39 Å². The lowest BCUT2D eigenvalue weighted by Gasteiger charge is -2.31. The van der Waals surface area contributed by atoms with Crippen LogP contribution in [0, 0.1) is 15.9 Å². The molecule has 19 heavy (non-hydrogen) atoms. The Morgan fingerprint density at radius 3 is 2.95 bits per heavy atom. The van der Waals surface area contributed by atoms with Crippen molar-refractivity contribution in [2.45, 2.75) is 13.0 Å². The zero-order valence-corrected chi connectivity index (χ0v) is 10.4. The second-order valence-corrected chi connectivity index (χ2v) is 4.52. The third kappa shape index (κ3) is 2.87. The van der Waals surface area contributed by atoms with Crippen LogP contribution in [0.25, 0.3) is 0 Å². The van der Waals surface area contributed by atoms with Crippen LogP contribution in [-0.2, 0) is 0 Å². The number of carbonyl (C=O) groups is 1. The third-order valence-electron chi connectivity index (χ3n) is 3.04. The molecular weight excluding hydrogens is 253 g/mol. The first-order valence-electron chi connectivity index (χ1n) is 5.95. The van der Waals surface area contributed by atoms with E-state index in [1.54, 1.807) is 0 Å². The summed E-state index contributed by atoms with van der Waals surface area (Å²) in [6, 6.07) is 3.04. The summed E-state index contributed by atoms with van der Waals surface area (Å²) in [5, 5.41) is 14.0. The number of hydrogen-bond acceptors (Lipinski definition) is 4. The van der Waals surface area contributed by atoms with E-state index in [0.717, 1.165) is 18.2 Å². The van der Waals surface area contributed by atoms with E-state index < -0.39 is 16.6 Å². The van der Waals surface area contributed by atoms with Crippen LogP contribution in [0.15, 0.2) is 18.2 Å². The average molecular weight is 267 g/mol. The van der Waals surface area contributed by atoms with E-state index in [1.807, 2.05) is 6.92 Å². The van der Waals surface area contributed by atoms with Gasteiger partial charge in [0.25, 0.3) is 11.6 Å². The van der Waals surface area contributed by atoms with Gasteiger partial charge >= 0.3 is 0 Å². The number of carbonyl (C=O) groups excluding carboxylic acids is 1. The van der Waals surface area contributed by atoms with Gasteiger partial charge in [0, 0.05) is 31.7 Å². The summed E-state index contributed by atoms with van der Waals surface area (Å²) in [6.07, 6.45) is 0. The molecule has 0 radical (unpaired) electrons. The first kappa shape index (κ1) is 13.4. The number of nitrogens with one attached hydrogen (secondary N) is 1. The third-order valence-corrected chi connectivity index (χ3v) is 3.04. The van der Waals surface area contributed by atoms with Crippen LogP contribution in [0.4, 0.5) is 10.1 Å². The summed E-state index contributed by atoms with van der Waals surface area (Å²) >= 11 is 0. The fraction of sp³-hybridized carbons (Fsp3) is 0.417. The number of hydrogen-bond donors (Lipinski definition) is 1. The number of amides is 1. The molecule has 1 aliphatic rings. The minimum absolute atomic E-state index is 0.116. The second kappa shape index (κ2) is 5.31. The standard InChI is InChI=1S/C12H14FN3O3/c1-8-7-15(5-4-14-8)12(17)10-6-9(13)2-3-11(10)16(18)19/h2-3,6,8,14H,4-5,7H2,1H3/t8-/m1/s1. The molecule has 1 N–H and O–H groups in total. The smallest absolute Gasteiger partial charge is 0.282 e. The summed E-state index contributed by atoms with van der Waals surface area (Å²) in [4.78, 5) is 24.0. The van der Waals surface area contributed by atoms with E-state index in [9.17, 15) is 19.3 Å². The van der Waals surface area contributed by atoms with Gasteiger partial charge in [0.2, 0.25) is 0 Å². The van der Waals surface area contributed by atoms with Crippen molar-refractivity contribution in [3.05, 3.63) is 39.7 Å². The van der Waals surface area contributed by atoms with Crippen LogP contribution in [0.3, 0.4) is 0 Å². The monoisotopic (exact) mass is 267 g/mol. The second-order valence-electron chi connectivity index (χ2n) is 4.52. The Hall–Kier alpha value is -2.02. The minimum Gasteiger partial charge on any atom is -0.336 e. The molecule has 0 aromatic heterocycles. The van der Waals surface area contributed by atoms with Crippen molar-refractivity contribution in [2.75, 3.05) is 19.6 Å². The molecule has 1 saturated heterocycles. The minimum atomic E-state index is -0.668. The topological polar surface area (TPSA) is 75.5 Å². The summed E-state index contributed by atoms with van der Waals surface area (Å²) in [7, 11) is 0. The summed E-state index contributed by atoms with van der Waals surface area (Å²) in [6.45, 7) is 3.44. The van der Waals surface area contributed by atoms with E-state index in [-0.39, 0.29) is 17.3 Å². The Balaban J connectivity index is 2.32. The fourth-order valence-electron chi connectivity index (χ4n) is 2.13. The van der Waals surface area contributed by atoms with Crippen molar-refractivity contribution >= 4 is 11.6 Å². The van der Waals surface area contributed by atoms with Gasteiger partial charge in [0.05, 0.1) is 4.92 Å². The molecule has 7 heteroatoms. The van der Waals surface area contributed by atoms with Crippen molar-refractivity contribution in [1.29, 1.82) is 0 Å². The molecule has 2 rings (SSSR count). The van der Waals surface area contributed by atoms with Crippen LogP contribution in [0.2, 0.25) is 0 Å². The molecule has 1 fully saturated rings. The highest BCUT2D eigenvalue weighted by atomic mass is 19.1. The zero-order chi connectivity index (χ0) is 14.0. The molecule has 1 aliphatic heterocycles. The Morgan fingerprint density at radius 1 is 1.58 bits per heavy atom. The van der Waals surface area contributed by atoms with Gasteiger partial charge in [-0.05, 0) is 19.1 Å². The lowest BCUT2D eigenvalue weighted by molar-refractivity contribution is -0.385. The van der Waals surface area contributed by atoms with Crippen LogP contribution in [0.5, 0.6) is 0 Å². The van der Waals surface area contributed by atoms with E-state index in [4.69, 9.17) is 0 Å². The van der Waals surface area contributed by atoms with Crippen molar-refractivity contribution < 1.29 is 14.1 Å². The molecule has 1 aromatic rings. The number of rotatable bonds is 2. The first-order valence-corrected chi connectivity index (χ1v) is 5.95. The quantitative estimate of drug-likeness (QED) is 0.644. The number of benzene rings is 1. The normalized spacial score (nSPS) is 19.3. The van der Waals surface area contributed by atoms with Crippen molar-refractivity contribution in [1.82, 2.24) is 10.2 Å². The largest absolute Gasteiger partial charge is 0.336 e. The van der Waals surface area contributed by atoms with Crippen molar-refractivity contribution in [3.8, 4) is 0 Å². The van der Waals surface area contributed by atoms with Crippen molar-refractivity contribution in [2.24, 2.45) is 0 Å². The average Bonchev–Trinajstić information content (AvgIpc) is 2.37. The predicted octanol–water partition coefficient (Wildman–Crippen LogP) is 1.17. The van der Waals surface area contributed by atoms with Crippen LogP contribution < -0.4 is 5.32 Å². The van der Waals surface area contributed by atoms with Gasteiger partial charge in [-0.15, -0.1) is 0 Å². The Kier molecular flexibility index (Phi) is 3.75. The van der Waals surface area contributed by atoms with Crippen LogP contribution >= 0.6 is 0 Å². The molecule has 0 bridgehead atoms. The number of nitrogens with zero attached hydrogens (tertiary/aromatic N) is 2. The molecule has 1 heterocycles. The summed E-state index contributed by atoms with van der Waals surface area (Å²) in [5.41, 5.74) is -0.559. The molecule has 0 unspecified atom stereocenters. The molecular formula is C12H14FN3O3. The zero-order valence-electron chi connectivity index (χ0n) is 10.4. The Labute approximate surface area is 109 Å². The first-order chi connectivity index (χ1) is 8.99. The molecule has 6 nitrogen and oxygen atoms in total. The molecule has 1 amide bonds. The molecule has 102 valence electrons. The van der Waals surface area contributed by atoms with Gasteiger partial charge in [0.1, 0.15) is 11.4 Å². The molecule has 1 aromatic carbocycles. The van der Waals surface area contributed by atoms with Gasteiger partial charge in [0.15, 0.2) is 0 Å². The fourth-order valence-corrected chi connectivity index (χ4v) is 2.13. The van der Waals surface area contributed by atoms with E-state index in [1.165, 1.54) is 4.90 Å². The van der Waals surface area contributed by atoms with Gasteiger partial charge in [-0.1, -0.05) is 0 Å². The van der Waals surface area contributed by atoms with E-state index in [2.05, 4.69) is 5.32 Å². The Morgan fingerprint density at radius 2 is 2.32 bits per heavy atom. The molecule has 1 atom stereocenters.